The molecule has 5 heteroatoms. The first-order valence-electron chi connectivity index (χ1n) is 5.43. The number of aromatic nitrogens is 3. The van der Waals surface area contributed by atoms with Crippen molar-refractivity contribution in [1.29, 1.82) is 0 Å². The van der Waals surface area contributed by atoms with E-state index in [9.17, 15) is 9.90 Å². The Kier molecular flexibility index (Phi) is 3.05. The summed E-state index contributed by atoms with van der Waals surface area (Å²) in [6, 6.07) is 1.67. The van der Waals surface area contributed by atoms with Gasteiger partial charge < -0.3 is 9.67 Å². The van der Waals surface area contributed by atoms with Crippen LogP contribution in [0.1, 0.15) is 19.8 Å². The molecule has 0 aromatic carbocycles. The highest BCUT2D eigenvalue weighted by molar-refractivity contribution is 5.42. The smallest absolute Gasteiger partial charge is 0.276 e. The molecule has 0 aliphatic rings. The Morgan fingerprint density at radius 2 is 2.31 bits per heavy atom. The molecule has 0 aliphatic heterocycles. The number of nitrogens with zero attached hydrogens (tertiary/aromatic N) is 3. The van der Waals surface area contributed by atoms with Crippen LogP contribution in [0.25, 0.3) is 5.52 Å². The van der Waals surface area contributed by atoms with Crippen LogP contribution >= 0.6 is 0 Å². The first-order chi connectivity index (χ1) is 7.72. The van der Waals surface area contributed by atoms with Crippen molar-refractivity contribution in [3.05, 3.63) is 35.0 Å². The topological polar surface area (TPSA) is 59.5 Å². The molecule has 2 rings (SSSR count). The van der Waals surface area contributed by atoms with Crippen molar-refractivity contribution in [2.24, 2.45) is 0 Å². The summed E-state index contributed by atoms with van der Waals surface area (Å²) in [5.41, 5.74) is 0.418. The Labute approximate surface area is 92.9 Å². The van der Waals surface area contributed by atoms with Gasteiger partial charge in [0, 0.05) is 12.4 Å². The molecule has 1 atom stereocenters. The van der Waals surface area contributed by atoms with Gasteiger partial charge >= 0.3 is 0 Å². The third kappa shape index (κ3) is 1.99. The van der Waals surface area contributed by atoms with Crippen molar-refractivity contribution < 1.29 is 5.11 Å². The number of aliphatic hydroxyl groups excluding tert-OH is 1. The first kappa shape index (κ1) is 10.9. The fourth-order valence-corrected chi connectivity index (χ4v) is 1.76. The van der Waals surface area contributed by atoms with Gasteiger partial charge in [-0.05, 0) is 12.5 Å². The lowest BCUT2D eigenvalue weighted by Gasteiger charge is -2.11. The maximum atomic E-state index is 11.9. The number of hydrogen-bond donors (Lipinski definition) is 1. The minimum Gasteiger partial charge on any atom is -0.391 e. The molecule has 86 valence electrons. The molecule has 0 radical (unpaired) electrons. The highest BCUT2D eigenvalue weighted by Crippen LogP contribution is 2.00. The highest BCUT2D eigenvalue weighted by Gasteiger charge is 2.07. The minimum atomic E-state index is -0.465. The van der Waals surface area contributed by atoms with Gasteiger partial charge in [0.1, 0.15) is 5.52 Å². The summed E-state index contributed by atoms with van der Waals surface area (Å²) >= 11 is 0. The SMILES string of the molecule is CCCC(O)Cn1ccn2nccc2c1=O. The van der Waals surface area contributed by atoms with Crippen molar-refractivity contribution in [3.8, 4) is 0 Å². The van der Waals surface area contributed by atoms with Gasteiger partial charge in [-0.25, -0.2) is 4.52 Å². The fourth-order valence-electron chi connectivity index (χ4n) is 1.76. The van der Waals surface area contributed by atoms with E-state index < -0.39 is 6.10 Å². The molecule has 1 unspecified atom stereocenters. The summed E-state index contributed by atoms with van der Waals surface area (Å²) in [5, 5.41) is 13.6. The quantitative estimate of drug-likeness (QED) is 0.825. The summed E-state index contributed by atoms with van der Waals surface area (Å²) < 4.78 is 3.06. The second-order valence-electron chi connectivity index (χ2n) is 3.86. The molecule has 2 heterocycles. The van der Waals surface area contributed by atoms with Gasteiger partial charge in [0.25, 0.3) is 5.56 Å². The summed E-state index contributed by atoms with van der Waals surface area (Å²) in [5.74, 6) is 0. The van der Waals surface area contributed by atoms with Crippen LogP contribution in [0.4, 0.5) is 0 Å². The van der Waals surface area contributed by atoms with Gasteiger partial charge in [-0.3, -0.25) is 4.79 Å². The Morgan fingerprint density at radius 3 is 3.06 bits per heavy atom. The van der Waals surface area contributed by atoms with E-state index >= 15 is 0 Å². The molecule has 0 saturated carbocycles. The minimum absolute atomic E-state index is 0.116. The van der Waals surface area contributed by atoms with E-state index in [-0.39, 0.29) is 5.56 Å². The van der Waals surface area contributed by atoms with Crippen LogP contribution in [0, 0.1) is 0 Å². The van der Waals surface area contributed by atoms with E-state index in [0.717, 1.165) is 6.42 Å². The molecule has 5 nitrogen and oxygen atoms in total. The van der Waals surface area contributed by atoms with Crippen LogP contribution in [-0.4, -0.2) is 25.4 Å². The molecule has 0 saturated heterocycles. The molecule has 0 spiro atoms. The molecule has 0 amide bonds. The van der Waals surface area contributed by atoms with Crippen LogP contribution < -0.4 is 5.56 Å². The largest absolute Gasteiger partial charge is 0.391 e. The third-order valence-electron chi connectivity index (χ3n) is 2.57. The van der Waals surface area contributed by atoms with Crippen LogP contribution in [0.3, 0.4) is 0 Å². The van der Waals surface area contributed by atoms with E-state index in [4.69, 9.17) is 0 Å². The van der Waals surface area contributed by atoms with Gasteiger partial charge in [0.2, 0.25) is 0 Å². The van der Waals surface area contributed by atoms with Crippen molar-refractivity contribution >= 4 is 5.52 Å². The second-order valence-corrected chi connectivity index (χ2v) is 3.86. The Hall–Kier alpha value is -1.62. The summed E-state index contributed by atoms with van der Waals surface area (Å²) in [4.78, 5) is 11.9. The Balaban J connectivity index is 2.31. The number of fused-ring (bicyclic) bond motifs is 1. The normalized spacial score (nSPS) is 13.1. The van der Waals surface area contributed by atoms with Gasteiger partial charge in [-0.2, -0.15) is 5.10 Å². The van der Waals surface area contributed by atoms with E-state index in [1.165, 1.54) is 9.08 Å². The van der Waals surface area contributed by atoms with Crippen LogP contribution in [0.5, 0.6) is 0 Å². The molecule has 16 heavy (non-hydrogen) atoms. The molecule has 2 aromatic rings. The Morgan fingerprint density at radius 1 is 1.50 bits per heavy atom. The third-order valence-corrected chi connectivity index (χ3v) is 2.57. The molecule has 0 fully saturated rings. The lowest BCUT2D eigenvalue weighted by atomic mass is 10.2. The molecule has 1 N–H and O–H groups in total. The summed E-state index contributed by atoms with van der Waals surface area (Å²) in [6.07, 6.45) is 6.11. The predicted octanol–water partition coefficient (Wildman–Crippen LogP) is 0.657. The second kappa shape index (κ2) is 4.49. The summed E-state index contributed by atoms with van der Waals surface area (Å²) in [6.45, 7) is 2.35. The number of rotatable bonds is 4. The van der Waals surface area contributed by atoms with Crippen molar-refractivity contribution in [3.63, 3.8) is 0 Å². The maximum absolute atomic E-state index is 11.9. The van der Waals surface area contributed by atoms with Gasteiger partial charge in [-0.15, -0.1) is 0 Å². The van der Waals surface area contributed by atoms with Crippen molar-refractivity contribution in [2.45, 2.75) is 32.4 Å². The van der Waals surface area contributed by atoms with E-state index in [0.29, 0.717) is 18.5 Å². The fraction of sp³-hybridized carbons (Fsp3) is 0.455. The van der Waals surface area contributed by atoms with Crippen LogP contribution in [-0.2, 0) is 6.54 Å². The molecular formula is C11H15N3O2. The number of aliphatic hydroxyl groups is 1. The molecular weight excluding hydrogens is 206 g/mol. The van der Waals surface area contributed by atoms with Gasteiger partial charge in [-0.1, -0.05) is 13.3 Å². The van der Waals surface area contributed by atoms with E-state index in [1.54, 1.807) is 24.7 Å². The molecule has 0 bridgehead atoms. The lowest BCUT2D eigenvalue weighted by Crippen LogP contribution is -2.27. The average Bonchev–Trinajstić information content (AvgIpc) is 2.71. The number of hydrogen-bond acceptors (Lipinski definition) is 3. The predicted molar refractivity (Wildman–Crippen MR) is 60.4 cm³/mol. The van der Waals surface area contributed by atoms with Gasteiger partial charge in [0.05, 0.1) is 18.8 Å². The maximum Gasteiger partial charge on any atom is 0.276 e. The first-order valence-corrected chi connectivity index (χ1v) is 5.43. The van der Waals surface area contributed by atoms with Crippen molar-refractivity contribution in [1.82, 2.24) is 14.2 Å². The zero-order valence-electron chi connectivity index (χ0n) is 9.21. The average molecular weight is 221 g/mol. The lowest BCUT2D eigenvalue weighted by molar-refractivity contribution is 0.142. The van der Waals surface area contributed by atoms with Crippen LogP contribution in [0.15, 0.2) is 29.5 Å². The van der Waals surface area contributed by atoms with Crippen molar-refractivity contribution in [2.75, 3.05) is 0 Å². The molecule has 2 aromatic heterocycles. The highest BCUT2D eigenvalue weighted by atomic mass is 16.3. The summed E-state index contributed by atoms with van der Waals surface area (Å²) in [7, 11) is 0. The monoisotopic (exact) mass is 221 g/mol. The van der Waals surface area contributed by atoms with Crippen LogP contribution in [0.2, 0.25) is 0 Å². The standard InChI is InChI=1S/C11H15N3O2/c1-2-3-9(15)8-13-6-7-14-10(11(13)16)4-5-12-14/h4-7,9,15H,2-3,8H2,1H3. The Bertz CT molecular complexity index is 529. The zero-order chi connectivity index (χ0) is 11.5. The molecule has 0 aliphatic carbocycles. The van der Waals surface area contributed by atoms with E-state index in [1.807, 2.05) is 6.92 Å². The van der Waals surface area contributed by atoms with Gasteiger partial charge in [0.15, 0.2) is 0 Å². The zero-order valence-corrected chi connectivity index (χ0v) is 9.21. The van der Waals surface area contributed by atoms with E-state index in [2.05, 4.69) is 5.10 Å².